The third kappa shape index (κ3) is 1.95. The topological polar surface area (TPSA) is 35.2 Å². The first-order valence-electron chi connectivity index (χ1n) is 6.47. The standard InChI is InChI=1S/C15H22FNO/c1-11-8-12(4-5-13(11)16)15(9-18-10-15)14(2,3)6-7-17/h4-5,8H,6-7,9-10,17H2,1-3H3. The maximum absolute atomic E-state index is 13.4. The molecule has 0 unspecified atom stereocenters. The predicted molar refractivity (Wildman–Crippen MR) is 71.1 cm³/mol. The van der Waals surface area contributed by atoms with Gasteiger partial charge in [-0.25, -0.2) is 4.39 Å². The summed E-state index contributed by atoms with van der Waals surface area (Å²) in [4.78, 5) is 0. The fourth-order valence-corrected chi connectivity index (χ4v) is 2.80. The lowest BCUT2D eigenvalue weighted by molar-refractivity contribution is -0.121. The molecule has 0 saturated carbocycles. The van der Waals surface area contributed by atoms with Crippen molar-refractivity contribution in [2.75, 3.05) is 19.8 Å². The molecular formula is C15H22FNO. The molecule has 1 aromatic rings. The van der Waals surface area contributed by atoms with Gasteiger partial charge < -0.3 is 10.5 Å². The van der Waals surface area contributed by atoms with E-state index in [0.717, 1.165) is 6.42 Å². The van der Waals surface area contributed by atoms with E-state index in [4.69, 9.17) is 10.5 Å². The van der Waals surface area contributed by atoms with Gasteiger partial charge in [-0.05, 0) is 42.5 Å². The minimum Gasteiger partial charge on any atom is -0.379 e. The van der Waals surface area contributed by atoms with Gasteiger partial charge >= 0.3 is 0 Å². The van der Waals surface area contributed by atoms with E-state index in [9.17, 15) is 4.39 Å². The molecular weight excluding hydrogens is 229 g/mol. The average molecular weight is 251 g/mol. The van der Waals surface area contributed by atoms with Crippen molar-refractivity contribution in [1.82, 2.24) is 0 Å². The summed E-state index contributed by atoms with van der Waals surface area (Å²) in [5, 5.41) is 0. The fraction of sp³-hybridized carbons (Fsp3) is 0.600. The summed E-state index contributed by atoms with van der Waals surface area (Å²) in [6, 6.07) is 5.41. The molecule has 3 heteroatoms. The molecule has 2 nitrogen and oxygen atoms in total. The summed E-state index contributed by atoms with van der Waals surface area (Å²) in [7, 11) is 0. The van der Waals surface area contributed by atoms with E-state index in [2.05, 4.69) is 13.8 Å². The summed E-state index contributed by atoms with van der Waals surface area (Å²) in [5.74, 6) is -0.147. The number of ether oxygens (including phenoxy) is 1. The zero-order chi connectivity index (χ0) is 13.4. The van der Waals surface area contributed by atoms with Gasteiger partial charge in [0, 0.05) is 5.41 Å². The summed E-state index contributed by atoms with van der Waals surface area (Å²) in [6.45, 7) is 8.31. The molecule has 0 aromatic heterocycles. The number of benzene rings is 1. The van der Waals surface area contributed by atoms with Crippen LogP contribution in [0.15, 0.2) is 18.2 Å². The zero-order valence-corrected chi connectivity index (χ0v) is 11.4. The minimum atomic E-state index is -0.147. The van der Waals surface area contributed by atoms with Crippen LogP contribution in [0.2, 0.25) is 0 Å². The highest BCUT2D eigenvalue weighted by atomic mass is 19.1. The van der Waals surface area contributed by atoms with Gasteiger partial charge in [0.2, 0.25) is 0 Å². The third-order valence-electron chi connectivity index (χ3n) is 4.47. The molecule has 1 fully saturated rings. The third-order valence-corrected chi connectivity index (χ3v) is 4.47. The van der Waals surface area contributed by atoms with Crippen LogP contribution in [0.4, 0.5) is 4.39 Å². The monoisotopic (exact) mass is 251 g/mol. The van der Waals surface area contributed by atoms with Crippen molar-refractivity contribution in [2.45, 2.75) is 32.6 Å². The van der Waals surface area contributed by atoms with Crippen LogP contribution in [-0.4, -0.2) is 19.8 Å². The van der Waals surface area contributed by atoms with Gasteiger partial charge in [0.1, 0.15) is 5.82 Å². The number of halogens is 1. The lowest BCUT2D eigenvalue weighted by atomic mass is 9.59. The maximum atomic E-state index is 13.4. The maximum Gasteiger partial charge on any atom is 0.126 e. The van der Waals surface area contributed by atoms with Gasteiger partial charge in [0.15, 0.2) is 0 Å². The van der Waals surface area contributed by atoms with Crippen molar-refractivity contribution >= 4 is 0 Å². The first kappa shape index (κ1) is 13.5. The van der Waals surface area contributed by atoms with Crippen LogP contribution in [0.1, 0.15) is 31.4 Å². The number of rotatable bonds is 4. The molecule has 0 bridgehead atoms. The molecule has 1 aromatic carbocycles. The van der Waals surface area contributed by atoms with Crippen LogP contribution >= 0.6 is 0 Å². The van der Waals surface area contributed by atoms with Crippen molar-refractivity contribution < 1.29 is 9.13 Å². The normalized spacial score (nSPS) is 18.5. The molecule has 1 heterocycles. The van der Waals surface area contributed by atoms with Crippen LogP contribution in [-0.2, 0) is 10.2 Å². The van der Waals surface area contributed by atoms with E-state index in [1.54, 1.807) is 6.07 Å². The van der Waals surface area contributed by atoms with Crippen LogP contribution in [0.3, 0.4) is 0 Å². The summed E-state index contributed by atoms with van der Waals surface area (Å²) >= 11 is 0. The Morgan fingerprint density at radius 2 is 2.06 bits per heavy atom. The Labute approximate surface area is 108 Å². The van der Waals surface area contributed by atoms with E-state index >= 15 is 0 Å². The van der Waals surface area contributed by atoms with E-state index in [-0.39, 0.29) is 16.6 Å². The largest absolute Gasteiger partial charge is 0.379 e. The Balaban J connectivity index is 2.40. The molecule has 100 valence electrons. The van der Waals surface area contributed by atoms with Crippen molar-refractivity contribution in [3.8, 4) is 0 Å². The molecule has 0 radical (unpaired) electrons. The van der Waals surface area contributed by atoms with E-state index in [1.807, 2.05) is 19.1 Å². The second-order valence-electron chi connectivity index (χ2n) is 5.96. The van der Waals surface area contributed by atoms with Gasteiger partial charge in [-0.2, -0.15) is 0 Å². The second-order valence-corrected chi connectivity index (χ2v) is 5.96. The van der Waals surface area contributed by atoms with Gasteiger partial charge in [0.05, 0.1) is 13.2 Å². The first-order chi connectivity index (χ1) is 8.43. The van der Waals surface area contributed by atoms with Crippen LogP contribution < -0.4 is 5.73 Å². The van der Waals surface area contributed by atoms with Gasteiger partial charge in [0.25, 0.3) is 0 Å². The average Bonchev–Trinajstić information content (AvgIpc) is 2.21. The quantitative estimate of drug-likeness (QED) is 0.893. The molecule has 1 saturated heterocycles. The molecule has 0 spiro atoms. The van der Waals surface area contributed by atoms with Gasteiger partial charge in [-0.1, -0.05) is 26.0 Å². The van der Waals surface area contributed by atoms with Crippen molar-refractivity contribution in [1.29, 1.82) is 0 Å². The number of hydrogen-bond acceptors (Lipinski definition) is 2. The SMILES string of the molecule is Cc1cc(C2(C(C)(C)CCN)COC2)ccc1F. The highest BCUT2D eigenvalue weighted by Gasteiger charge is 2.51. The minimum absolute atomic E-state index is 0.0230. The highest BCUT2D eigenvalue weighted by molar-refractivity contribution is 5.35. The molecule has 1 aliphatic rings. The van der Waals surface area contributed by atoms with Crippen molar-refractivity contribution in [3.63, 3.8) is 0 Å². The Morgan fingerprint density at radius 1 is 1.39 bits per heavy atom. The molecule has 18 heavy (non-hydrogen) atoms. The Kier molecular flexibility index (Phi) is 3.47. The Bertz CT molecular complexity index is 438. The van der Waals surface area contributed by atoms with Gasteiger partial charge in [-0.15, -0.1) is 0 Å². The number of hydrogen-bond donors (Lipinski definition) is 1. The van der Waals surface area contributed by atoms with Crippen molar-refractivity contribution in [2.24, 2.45) is 11.1 Å². The molecule has 0 atom stereocenters. The number of nitrogens with two attached hydrogens (primary N) is 1. The lowest BCUT2D eigenvalue weighted by Gasteiger charge is -2.53. The predicted octanol–water partition coefficient (Wildman–Crippen LogP) is 2.78. The summed E-state index contributed by atoms with van der Waals surface area (Å²) < 4.78 is 18.9. The molecule has 0 aliphatic carbocycles. The lowest BCUT2D eigenvalue weighted by Crippen LogP contribution is -2.57. The van der Waals surface area contributed by atoms with Gasteiger partial charge in [-0.3, -0.25) is 0 Å². The Hall–Kier alpha value is -0.930. The summed E-state index contributed by atoms with van der Waals surface area (Å²) in [5.41, 5.74) is 7.63. The van der Waals surface area contributed by atoms with E-state index in [0.29, 0.717) is 25.3 Å². The molecule has 2 rings (SSSR count). The second kappa shape index (κ2) is 4.63. The van der Waals surface area contributed by atoms with Crippen LogP contribution in [0, 0.1) is 18.2 Å². The smallest absolute Gasteiger partial charge is 0.126 e. The fourth-order valence-electron chi connectivity index (χ4n) is 2.80. The van der Waals surface area contributed by atoms with Crippen molar-refractivity contribution in [3.05, 3.63) is 35.1 Å². The highest BCUT2D eigenvalue weighted by Crippen LogP contribution is 2.49. The molecule has 0 amide bonds. The first-order valence-corrected chi connectivity index (χ1v) is 6.47. The Morgan fingerprint density at radius 3 is 2.50 bits per heavy atom. The van der Waals surface area contributed by atoms with E-state index < -0.39 is 0 Å². The molecule has 1 aliphatic heterocycles. The van der Waals surface area contributed by atoms with E-state index in [1.165, 1.54) is 5.56 Å². The van der Waals surface area contributed by atoms with Crippen LogP contribution in [0.5, 0.6) is 0 Å². The summed E-state index contributed by atoms with van der Waals surface area (Å²) in [6.07, 6.45) is 0.937. The van der Waals surface area contributed by atoms with Crippen LogP contribution in [0.25, 0.3) is 0 Å². The zero-order valence-electron chi connectivity index (χ0n) is 11.4. The molecule has 2 N–H and O–H groups in total. The number of aryl methyl sites for hydroxylation is 1.